The maximum absolute atomic E-state index is 15.1. The fourth-order valence-corrected chi connectivity index (χ4v) is 11.7. The summed E-state index contributed by atoms with van der Waals surface area (Å²) in [6.07, 6.45) is 18.2. The number of aliphatic hydroxyl groups is 2. The maximum Gasteiger partial charge on any atom is 0.412 e. The van der Waals surface area contributed by atoms with Crippen LogP contribution < -0.4 is 14.8 Å². The number of ether oxygens (including phenoxy) is 5. The third-order valence-electron chi connectivity index (χ3n) is 15.6. The smallest absolute Gasteiger partial charge is 0.412 e. The van der Waals surface area contributed by atoms with Crippen LogP contribution in [0.5, 0.6) is 11.5 Å². The van der Waals surface area contributed by atoms with Crippen LogP contribution in [0, 0.1) is 33.7 Å². The molecule has 81 heavy (non-hydrogen) atoms. The summed E-state index contributed by atoms with van der Waals surface area (Å²) < 4.78 is 47.2. The number of carbonyl (C=O) groups is 2. The van der Waals surface area contributed by atoms with Gasteiger partial charge in [0.15, 0.2) is 0 Å². The Morgan fingerprint density at radius 3 is 2.21 bits per heavy atom. The van der Waals surface area contributed by atoms with E-state index in [2.05, 4.69) is 24.9 Å². The summed E-state index contributed by atoms with van der Waals surface area (Å²) in [4.78, 5) is 47.4. The first-order valence-electron chi connectivity index (χ1n) is 29.3. The van der Waals surface area contributed by atoms with Crippen LogP contribution in [-0.2, 0) is 38.8 Å². The zero-order valence-corrected chi connectivity index (χ0v) is 47.1. The lowest BCUT2D eigenvalue weighted by Gasteiger charge is -2.59. The summed E-state index contributed by atoms with van der Waals surface area (Å²) in [5.74, 6) is -2.79. The number of hydrogen-bond acceptors (Lipinski definition) is 13. The second-order valence-corrected chi connectivity index (χ2v) is 21.4. The Bertz CT molecular complexity index is 2650. The second kappa shape index (κ2) is 32.7. The number of rotatable bonds is 35. The molecule has 7 rings (SSSR count). The predicted octanol–water partition coefficient (Wildman–Crippen LogP) is 13.4. The summed E-state index contributed by atoms with van der Waals surface area (Å²) in [5.41, 5.74) is 4.12. The van der Waals surface area contributed by atoms with Crippen LogP contribution in [-0.4, -0.2) is 89.3 Å². The zero-order chi connectivity index (χ0) is 57.2. The number of halogens is 1. The molecular formula is C64H83FN4O12. The number of nitrogens with one attached hydrogen (secondary N) is 1. The lowest BCUT2D eigenvalue weighted by Crippen LogP contribution is -2.70. The SMILES string of the molecule is C=CCOC12Oc3ccc(OC(=O)NCCCCCCCCCCCC)cc3C3C(CCCCO)C(CCCCO)C=C(C(=NOCc4ccc([N+](=O)[O-])cc4)CC1N(Cc1ccc(F)cc1)C(=O)OCCOCc1ccccc1)C32. The van der Waals surface area contributed by atoms with Gasteiger partial charge in [0, 0.05) is 56.3 Å². The van der Waals surface area contributed by atoms with E-state index in [1.165, 1.54) is 69.2 Å². The molecule has 0 radical (unpaired) electrons. The van der Waals surface area contributed by atoms with Crippen molar-refractivity contribution >= 4 is 23.6 Å². The third-order valence-corrected chi connectivity index (χ3v) is 15.6. The van der Waals surface area contributed by atoms with Gasteiger partial charge in [-0.2, -0.15) is 0 Å². The minimum atomic E-state index is -1.68. The molecule has 1 heterocycles. The first-order chi connectivity index (χ1) is 39.6. The van der Waals surface area contributed by atoms with Gasteiger partial charge in [0.25, 0.3) is 5.69 Å². The van der Waals surface area contributed by atoms with Crippen molar-refractivity contribution < 1.29 is 57.6 Å². The average molecular weight is 1120 g/mol. The molecule has 3 aliphatic rings. The van der Waals surface area contributed by atoms with Gasteiger partial charge in [-0.3, -0.25) is 15.0 Å². The number of benzene rings is 4. The molecule has 0 aromatic heterocycles. The quantitative estimate of drug-likeness (QED) is 0.0171. The Balaban J connectivity index is 1.29. The second-order valence-electron chi connectivity index (χ2n) is 21.4. The summed E-state index contributed by atoms with van der Waals surface area (Å²) in [7, 11) is 0. The summed E-state index contributed by atoms with van der Waals surface area (Å²) in [6, 6.07) is 25.8. The van der Waals surface area contributed by atoms with Crippen molar-refractivity contribution in [3.05, 3.63) is 160 Å². The van der Waals surface area contributed by atoms with Crippen LogP contribution in [0.1, 0.15) is 144 Å². The first-order valence-corrected chi connectivity index (χ1v) is 29.3. The van der Waals surface area contributed by atoms with Crippen LogP contribution in [0.2, 0.25) is 0 Å². The molecule has 4 aromatic rings. The molecule has 6 unspecified atom stereocenters. The van der Waals surface area contributed by atoms with Gasteiger partial charge in [-0.25, -0.2) is 14.0 Å². The zero-order valence-electron chi connectivity index (χ0n) is 47.1. The normalized spacial score (nSPS) is 20.3. The highest BCUT2D eigenvalue weighted by Crippen LogP contribution is 2.62. The van der Waals surface area contributed by atoms with Crippen molar-refractivity contribution in [3.8, 4) is 11.5 Å². The topological polar surface area (TPSA) is 201 Å². The fraction of sp³-hybridized carbons (Fsp3) is 0.516. The van der Waals surface area contributed by atoms with E-state index in [4.69, 9.17) is 33.7 Å². The number of aliphatic hydroxyl groups excluding tert-OH is 2. The standard InChI is InChI=1S/C64H83FN4O12/c1-3-5-6-7-8-9-10-11-12-18-35-66-62(72)80-53-33-34-58-56(42-53)60-54(24-17-20-37-71)50(23-16-19-36-70)41-55-57(67-79-46-49-27-31-52(32-28-49)69(74)75)43-59(64(81-58,61(55)60)78-38-4-2)68(44-47-25-29-51(65)30-26-47)63(73)77-40-39-76-45-48-21-14-13-15-22-48/h4,13-15,21-22,25-34,41-42,50,54,59-61,70-71H,2-3,5-12,16-20,23-24,35-40,43-46H2,1H3,(H,66,72). The van der Waals surface area contributed by atoms with Crippen LogP contribution in [0.25, 0.3) is 0 Å². The van der Waals surface area contributed by atoms with E-state index >= 15 is 4.79 Å². The summed E-state index contributed by atoms with van der Waals surface area (Å²) >= 11 is 0. The number of non-ortho nitro benzene ring substituents is 1. The molecule has 3 N–H and O–H groups in total. The summed E-state index contributed by atoms with van der Waals surface area (Å²) in [5, 5.41) is 39.5. The Morgan fingerprint density at radius 1 is 0.840 bits per heavy atom. The highest BCUT2D eigenvalue weighted by atomic mass is 19.1. The Morgan fingerprint density at radius 2 is 1.52 bits per heavy atom. The molecule has 0 bridgehead atoms. The summed E-state index contributed by atoms with van der Waals surface area (Å²) in [6.45, 7) is 6.94. The number of fused-ring (bicyclic) bond motifs is 2. The van der Waals surface area contributed by atoms with Gasteiger partial charge in [0.1, 0.15) is 36.6 Å². The fourth-order valence-electron chi connectivity index (χ4n) is 11.7. The third kappa shape index (κ3) is 17.7. The molecule has 17 heteroatoms. The van der Waals surface area contributed by atoms with Crippen LogP contribution in [0.15, 0.2) is 127 Å². The predicted molar refractivity (Wildman–Crippen MR) is 308 cm³/mol. The monoisotopic (exact) mass is 1120 g/mol. The van der Waals surface area contributed by atoms with E-state index in [9.17, 15) is 29.5 Å². The van der Waals surface area contributed by atoms with Crippen molar-refractivity contribution in [1.82, 2.24) is 10.2 Å². The molecule has 16 nitrogen and oxygen atoms in total. The molecule has 1 aliphatic heterocycles. The first kappa shape index (κ1) is 61.9. The molecular weight excluding hydrogens is 1040 g/mol. The molecule has 2 aliphatic carbocycles. The number of allylic oxidation sites excluding steroid dienone is 1. The van der Waals surface area contributed by atoms with Gasteiger partial charge in [0.2, 0.25) is 5.79 Å². The number of amides is 2. The molecule has 438 valence electrons. The largest absolute Gasteiger partial charge is 0.459 e. The highest BCUT2D eigenvalue weighted by Gasteiger charge is 2.66. The lowest BCUT2D eigenvalue weighted by atomic mass is 9.55. The minimum absolute atomic E-state index is 0.00186. The van der Waals surface area contributed by atoms with E-state index in [-0.39, 0.29) is 70.1 Å². The van der Waals surface area contributed by atoms with Crippen LogP contribution in [0.3, 0.4) is 0 Å². The molecule has 1 saturated carbocycles. The van der Waals surface area contributed by atoms with Crippen LogP contribution in [0.4, 0.5) is 19.7 Å². The van der Waals surface area contributed by atoms with Crippen molar-refractivity contribution in [2.75, 3.05) is 39.6 Å². The van der Waals surface area contributed by atoms with Crippen molar-refractivity contribution in [3.63, 3.8) is 0 Å². The van der Waals surface area contributed by atoms with E-state index in [0.717, 1.165) is 36.0 Å². The number of carbonyl (C=O) groups excluding carboxylic acids is 2. The number of unbranched alkanes of at least 4 members (excludes halogenated alkanes) is 11. The molecule has 2 amide bonds. The highest BCUT2D eigenvalue weighted by molar-refractivity contribution is 6.03. The number of nitro groups is 1. The van der Waals surface area contributed by atoms with E-state index in [0.29, 0.717) is 80.0 Å². The van der Waals surface area contributed by atoms with Crippen LogP contribution >= 0.6 is 0 Å². The van der Waals surface area contributed by atoms with Gasteiger partial charge in [0.05, 0.1) is 36.4 Å². The van der Waals surface area contributed by atoms with Gasteiger partial charge in [-0.15, -0.1) is 6.58 Å². The van der Waals surface area contributed by atoms with Crippen molar-refractivity contribution in [2.24, 2.45) is 22.9 Å². The maximum atomic E-state index is 15.1. The van der Waals surface area contributed by atoms with Gasteiger partial charge in [-0.05, 0) is 109 Å². The number of oxime groups is 1. The van der Waals surface area contributed by atoms with E-state index in [1.54, 1.807) is 47.4 Å². The van der Waals surface area contributed by atoms with Crippen molar-refractivity contribution in [2.45, 2.75) is 154 Å². The number of nitrogens with zero attached hydrogens (tertiary/aromatic N) is 3. The number of hydrogen-bond donors (Lipinski definition) is 3. The minimum Gasteiger partial charge on any atom is -0.459 e. The van der Waals surface area contributed by atoms with E-state index in [1.807, 2.05) is 36.4 Å². The van der Waals surface area contributed by atoms with Gasteiger partial charge in [-0.1, -0.05) is 137 Å². The molecule has 1 fully saturated rings. The van der Waals surface area contributed by atoms with E-state index < -0.39 is 46.6 Å². The molecule has 6 atom stereocenters. The molecule has 0 saturated heterocycles. The molecule has 4 aromatic carbocycles. The van der Waals surface area contributed by atoms with Crippen molar-refractivity contribution in [1.29, 1.82) is 0 Å². The van der Waals surface area contributed by atoms with Gasteiger partial charge >= 0.3 is 12.2 Å². The average Bonchev–Trinajstić information content (AvgIpc) is 1.34. The lowest BCUT2D eigenvalue weighted by molar-refractivity contribution is -0.384. The van der Waals surface area contributed by atoms with Gasteiger partial charge < -0.3 is 44.1 Å². The Hall–Kier alpha value is -6.66. The number of nitro benzene ring substituents is 1. The Labute approximate surface area is 476 Å². The molecule has 0 spiro atoms. The Kier molecular flexibility index (Phi) is 25.0.